The molecule has 0 aliphatic heterocycles. The Morgan fingerprint density at radius 3 is 2.20 bits per heavy atom. The summed E-state index contributed by atoms with van der Waals surface area (Å²) in [5.41, 5.74) is 5.56. The zero-order chi connectivity index (χ0) is 14.8. The van der Waals surface area contributed by atoms with Crippen molar-refractivity contribution in [3.8, 4) is 5.75 Å². The predicted octanol–water partition coefficient (Wildman–Crippen LogP) is 1.94. The second-order valence-electron chi connectivity index (χ2n) is 3.83. The summed E-state index contributed by atoms with van der Waals surface area (Å²) in [5, 5.41) is 10.5. The molecule has 0 bridgehead atoms. The first kappa shape index (κ1) is 13.8. The third-order valence-corrected chi connectivity index (χ3v) is 3.70. The van der Waals surface area contributed by atoms with Gasteiger partial charge in [-0.05, 0) is 24.3 Å². The van der Waals surface area contributed by atoms with Crippen molar-refractivity contribution < 1.29 is 17.5 Å². The van der Waals surface area contributed by atoms with Crippen molar-refractivity contribution in [2.24, 2.45) is 0 Å². The minimum absolute atomic E-state index is 0.00542. The number of nitro benzene ring substituents is 1. The number of para-hydroxylation sites is 2. The molecule has 2 rings (SSSR count). The Labute approximate surface area is 114 Å². The van der Waals surface area contributed by atoms with Crippen LogP contribution in [0.4, 0.5) is 11.4 Å². The van der Waals surface area contributed by atoms with E-state index in [1.165, 1.54) is 12.1 Å². The molecule has 0 aliphatic rings. The number of hydrogen-bond acceptors (Lipinski definition) is 6. The molecule has 2 aromatic carbocycles. The van der Waals surface area contributed by atoms with Gasteiger partial charge in [0.2, 0.25) is 0 Å². The second-order valence-corrected chi connectivity index (χ2v) is 5.37. The molecule has 0 aromatic heterocycles. The van der Waals surface area contributed by atoms with Crippen molar-refractivity contribution in [3.63, 3.8) is 0 Å². The first-order chi connectivity index (χ1) is 9.40. The van der Waals surface area contributed by atoms with Gasteiger partial charge >= 0.3 is 10.1 Å². The molecule has 0 fully saturated rings. The minimum Gasteiger partial charge on any atom is -0.396 e. The summed E-state index contributed by atoms with van der Waals surface area (Å²) in [5.74, 6) is 0.00542. The molecule has 20 heavy (non-hydrogen) atoms. The molecule has 0 unspecified atom stereocenters. The normalized spacial score (nSPS) is 11.0. The van der Waals surface area contributed by atoms with Crippen LogP contribution >= 0.6 is 0 Å². The molecule has 104 valence electrons. The van der Waals surface area contributed by atoms with Crippen LogP contribution in [0.5, 0.6) is 5.75 Å². The van der Waals surface area contributed by atoms with E-state index in [1.54, 1.807) is 12.1 Å². The summed E-state index contributed by atoms with van der Waals surface area (Å²) in [6.07, 6.45) is 0. The van der Waals surface area contributed by atoms with Gasteiger partial charge in [-0.15, -0.1) is 0 Å². The summed E-state index contributed by atoms with van der Waals surface area (Å²) in [6.45, 7) is 0. The van der Waals surface area contributed by atoms with Crippen molar-refractivity contribution >= 4 is 21.5 Å². The monoisotopic (exact) mass is 294 g/mol. The van der Waals surface area contributed by atoms with Gasteiger partial charge in [0, 0.05) is 12.1 Å². The molecule has 7 nitrogen and oxygen atoms in total. The highest BCUT2D eigenvalue weighted by Gasteiger charge is 2.19. The number of nitrogens with zero attached hydrogens (tertiary/aromatic N) is 1. The van der Waals surface area contributed by atoms with Crippen molar-refractivity contribution in [1.82, 2.24) is 0 Å². The third-order valence-electron chi connectivity index (χ3n) is 2.45. The average molecular weight is 294 g/mol. The predicted molar refractivity (Wildman–Crippen MR) is 71.8 cm³/mol. The maximum atomic E-state index is 12.0. The van der Waals surface area contributed by atoms with Gasteiger partial charge in [0.1, 0.15) is 4.90 Å². The highest BCUT2D eigenvalue weighted by molar-refractivity contribution is 7.87. The summed E-state index contributed by atoms with van der Waals surface area (Å²) in [4.78, 5) is 9.70. The maximum Gasteiger partial charge on any atom is 0.339 e. The number of nitrogens with two attached hydrogens (primary N) is 1. The van der Waals surface area contributed by atoms with E-state index in [4.69, 9.17) is 9.92 Å². The van der Waals surface area contributed by atoms with Crippen molar-refractivity contribution in [3.05, 3.63) is 58.6 Å². The van der Waals surface area contributed by atoms with E-state index in [9.17, 15) is 18.5 Å². The van der Waals surface area contributed by atoms with E-state index in [0.29, 0.717) is 0 Å². The summed E-state index contributed by atoms with van der Waals surface area (Å²) >= 11 is 0. The molecule has 0 atom stereocenters. The second kappa shape index (κ2) is 5.17. The summed E-state index contributed by atoms with van der Waals surface area (Å²) in [7, 11) is -4.08. The lowest BCUT2D eigenvalue weighted by molar-refractivity contribution is -0.384. The number of benzene rings is 2. The molecule has 0 amide bonds. The molecule has 0 saturated heterocycles. The quantitative estimate of drug-likeness (QED) is 0.399. The van der Waals surface area contributed by atoms with Crippen LogP contribution in [0.2, 0.25) is 0 Å². The topological polar surface area (TPSA) is 113 Å². The van der Waals surface area contributed by atoms with Crippen molar-refractivity contribution in [2.45, 2.75) is 4.90 Å². The third kappa shape index (κ3) is 2.86. The lowest BCUT2D eigenvalue weighted by Gasteiger charge is -2.08. The molecule has 0 spiro atoms. The molecule has 0 saturated carbocycles. The number of nitrogen functional groups attached to an aromatic ring is 1. The first-order valence-corrected chi connectivity index (χ1v) is 6.84. The molecule has 0 radical (unpaired) electrons. The fourth-order valence-electron chi connectivity index (χ4n) is 1.46. The van der Waals surface area contributed by atoms with Crippen LogP contribution in [0.15, 0.2) is 53.4 Å². The number of non-ortho nitro benzene ring substituents is 1. The highest BCUT2D eigenvalue weighted by atomic mass is 32.2. The smallest absolute Gasteiger partial charge is 0.339 e. The van der Waals surface area contributed by atoms with Gasteiger partial charge in [-0.3, -0.25) is 10.1 Å². The van der Waals surface area contributed by atoms with Gasteiger partial charge in [0.15, 0.2) is 5.75 Å². The number of anilines is 1. The van der Waals surface area contributed by atoms with Crippen LogP contribution in [0.1, 0.15) is 0 Å². The van der Waals surface area contributed by atoms with E-state index in [1.807, 2.05) is 0 Å². The summed E-state index contributed by atoms with van der Waals surface area (Å²) < 4.78 is 28.9. The van der Waals surface area contributed by atoms with Crippen molar-refractivity contribution in [2.75, 3.05) is 5.73 Å². The molecular weight excluding hydrogens is 284 g/mol. The van der Waals surface area contributed by atoms with Gasteiger partial charge in [0.05, 0.1) is 10.6 Å². The van der Waals surface area contributed by atoms with Crippen LogP contribution in [0.25, 0.3) is 0 Å². The Balaban J connectivity index is 2.31. The van der Waals surface area contributed by atoms with Gasteiger partial charge in [-0.25, -0.2) is 0 Å². The Bertz CT molecular complexity index is 741. The lowest BCUT2D eigenvalue weighted by atomic mass is 10.3. The summed E-state index contributed by atoms with van der Waals surface area (Å²) in [6, 6.07) is 10.5. The molecule has 2 aromatic rings. The Kier molecular flexibility index (Phi) is 3.57. The molecule has 0 heterocycles. The van der Waals surface area contributed by atoms with Crippen LogP contribution in [0.3, 0.4) is 0 Å². The number of hydrogen-bond donors (Lipinski definition) is 1. The zero-order valence-electron chi connectivity index (χ0n) is 10.1. The molecule has 8 heteroatoms. The van der Waals surface area contributed by atoms with Crippen LogP contribution < -0.4 is 9.92 Å². The van der Waals surface area contributed by atoms with Gasteiger partial charge in [-0.1, -0.05) is 12.1 Å². The van der Waals surface area contributed by atoms with Crippen LogP contribution in [0, 0.1) is 10.1 Å². The average Bonchev–Trinajstić information content (AvgIpc) is 2.41. The van der Waals surface area contributed by atoms with Crippen molar-refractivity contribution in [1.29, 1.82) is 0 Å². The van der Waals surface area contributed by atoms with E-state index in [-0.39, 0.29) is 22.0 Å². The van der Waals surface area contributed by atoms with Gasteiger partial charge in [0.25, 0.3) is 5.69 Å². The van der Waals surface area contributed by atoms with Crippen LogP contribution in [-0.4, -0.2) is 13.3 Å². The Morgan fingerprint density at radius 1 is 1.05 bits per heavy atom. The largest absolute Gasteiger partial charge is 0.396 e. The van der Waals surface area contributed by atoms with Gasteiger partial charge < -0.3 is 9.92 Å². The van der Waals surface area contributed by atoms with E-state index >= 15 is 0 Å². The molecule has 2 N–H and O–H groups in total. The standard InChI is InChI=1S/C12H10N2O5S/c13-11-3-1-2-4-12(11)19-20(17,18)10-7-5-9(6-8-10)14(15)16/h1-8H,13H2. The fourth-order valence-corrected chi connectivity index (χ4v) is 2.41. The lowest BCUT2D eigenvalue weighted by Crippen LogP contribution is -2.10. The number of rotatable bonds is 4. The molecular formula is C12H10N2O5S. The number of nitro groups is 1. The SMILES string of the molecule is Nc1ccccc1OS(=O)(=O)c1ccc([N+](=O)[O-])cc1. The zero-order valence-corrected chi connectivity index (χ0v) is 10.9. The highest BCUT2D eigenvalue weighted by Crippen LogP contribution is 2.25. The van der Waals surface area contributed by atoms with E-state index in [2.05, 4.69) is 0 Å². The van der Waals surface area contributed by atoms with Gasteiger partial charge in [-0.2, -0.15) is 8.42 Å². The fraction of sp³-hybridized carbons (Fsp3) is 0. The van der Waals surface area contributed by atoms with E-state index in [0.717, 1.165) is 24.3 Å². The van der Waals surface area contributed by atoms with Crippen LogP contribution in [-0.2, 0) is 10.1 Å². The van der Waals surface area contributed by atoms with E-state index < -0.39 is 15.0 Å². The Hall–Kier alpha value is -2.61. The maximum absolute atomic E-state index is 12.0. The Morgan fingerprint density at radius 2 is 1.65 bits per heavy atom. The first-order valence-electron chi connectivity index (χ1n) is 5.43. The minimum atomic E-state index is -4.08. The molecule has 0 aliphatic carbocycles.